The van der Waals surface area contributed by atoms with Crippen LogP contribution in [0.3, 0.4) is 0 Å². The molecular formula is C19H24ClFN4O3. The van der Waals surface area contributed by atoms with E-state index in [9.17, 15) is 19.2 Å². The number of aromatic amines is 1. The van der Waals surface area contributed by atoms with E-state index in [0.29, 0.717) is 41.3 Å². The Morgan fingerprint density at radius 3 is 3.07 bits per heavy atom. The van der Waals surface area contributed by atoms with Gasteiger partial charge in [0.1, 0.15) is 11.6 Å². The largest absolute Gasteiger partial charge is 0.340 e. The van der Waals surface area contributed by atoms with Crippen LogP contribution in [0.25, 0.3) is 11.0 Å². The molecule has 2 unspecified atom stereocenters. The summed E-state index contributed by atoms with van der Waals surface area (Å²) in [6, 6.07) is 2.51. The molecule has 2 heterocycles. The monoisotopic (exact) mass is 410 g/mol. The number of halogens is 2. The first-order valence-corrected chi connectivity index (χ1v) is 9.88. The summed E-state index contributed by atoms with van der Waals surface area (Å²) in [5.74, 6) is -0.526. The molecule has 1 saturated heterocycles. The summed E-state index contributed by atoms with van der Waals surface area (Å²) in [5.41, 5.74) is 1.08. The van der Waals surface area contributed by atoms with E-state index in [4.69, 9.17) is 11.6 Å². The fourth-order valence-corrected chi connectivity index (χ4v) is 3.90. The molecule has 1 aromatic heterocycles. The third-order valence-corrected chi connectivity index (χ3v) is 5.47. The number of amides is 2. The van der Waals surface area contributed by atoms with Gasteiger partial charge in [0.15, 0.2) is 0 Å². The van der Waals surface area contributed by atoms with Crippen molar-refractivity contribution < 1.29 is 19.2 Å². The number of aromatic nitrogens is 2. The molecule has 1 aromatic carbocycles. The highest BCUT2D eigenvalue weighted by molar-refractivity contribution is 6.31. The van der Waals surface area contributed by atoms with Crippen molar-refractivity contribution in [1.82, 2.24) is 19.9 Å². The Balaban J connectivity index is 1.84. The summed E-state index contributed by atoms with van der Waals surface area (Å²) in [4.78, 5) is 33.3. The van der Waals surface area contributed by atoms with E-state index in [1.165, 1.54) is 12.1 Å². The van der Waals surface area contributed by atoms with Gasteiger partial charge >= 0.3 is 0 Å². The van der Waals surface area contributed by atoms with Crippen molar-refractivity contribution in [3.63, 3.8) is 0 Å². The van der Waals surface area contributed by atoms with Crippen LogP contribution >= 0.6 is 11.6 Å². The molecule has 2 amide bonds. The maximum absolute atomic E-state index is 13.7. The highest BCUT2D eigenvalue weighted by Gasteiger charge is 2.36. The molecule has 1 fully saturated rings. The number of nitrogens with zero attached hydrogens (tertiary/aromatic N) is 3. The number of fused-ring (bicyclic) bond motifs is 1. The third kappa shape index (κ3) is 4.28. The minimum atomic E-state index is -0.528. The van der Waals surface area contributed by atoms with Gasteiger partial charge in [0, 0.05) is 12.6 Å². The lowest BCUT2D eigenvalue weighted by Crippen LogP contribution is -2.40. The van der Waals surface area contributed by atoms with E-state index in [1.54, 1.807) is 4.90 Å². The lowest BCUT2D eigenvalue weighted by molar-refractivity contribution is -0.157. The average Bonchev–Trinajstić information content (AvgIpc) is 3.31. The van der Waals surface area contributed by atoms with Gasteiger partial charge in [-0.25, -0.2) is 14.4 Å². The Kier molecular flexibility index (Phi) is 6.51. The summed E-state index contributed by atoms with van der Waals surface area (Å²) >= 11 is 5.84. The maximum Gasteiger partial charge on any atom is 0.233 e. The SMILES string of the molecule is CCCCC(CN(O)C=O)C(=O)N1CCCC1c1nc2cc(Cl)c(F)cc2[nH]1. The molecule has 9 heteroatoms. The zero-order valence-electron chi connectivity index (χ0n) is 15.7. The number of H-pyrrole nitrogens is 1. The highest BCUT2D eigenvalue weighted by atomic mass is 35.5. The number of rotatable bonds is 8. The van der Waals surface area contributed by atoms with Crippen molar-refractivity contribution in [2.24, 2.45) is 5.92 Å². The van der Waals surface area contributed by atoms with Gasteiger partial charge in [-0.15, -0.1) is 0 Å². The summed E-state index contributed by atoms with van der Waals surface area (Å²) in [5, 5.41) is 10.1. The molecule has 152 valence electrons. The van der Waals surface area contributed by atoms with Crippen LogP contribution in [0.5, 0.6) is 0 Å². The number of imidazole rings is 1. The van der Waals surface area contributed by atoms with Crippen LogP contribution in [0, 0.1) is 11.7 Å². The van der Waals surface area contributed by atoms with Gasteiger partial charge in [-0.1, -0.05) is 31.4 Å². The fourth-order valence-electron chi connectivity index (χ4n) is 3.74. The molecule has 0 radical (unpaired) electrons. The molecule has 1 aliphatic rings. The standard InChI is InChI=1S/C19H24ClFN4O3/c1-2-3-5-12(10-24(28)11-26)19(27)25-7-4-6-17(25)18-22-15-8-13(20)14(21)9-16(15)23-18/h8-9,11-12,17,28H,2-7,10H2,1H3,(H,22,23). The molecule has 0 spiro atoms. The van der Waals surface area contributed by atoms with Crippen molar-refractivity contribution in [2.45, 2.75) is 45.1 Å². The molecule has 0 aliphatic carbocycles. The number of unbranched alkanes of at least 4 members (excludes halogenated alkanes) is 1. The number of hydrogen-bond donors (Lipinski definition) is 2. The van der Waals surface area contributed by atoms with Gasteiger partial charge in [-0.05, 0) is 25.3 Å². The van der Waals surface area contributed by atoms with Gasteiger partial charge < -0.3 is 9.88 Å². The smallest absolute Gasteiger partial charge is 0.233 e. The Hall–Kier alpha value is -2.19. The second kappa shape index (κ2) is 8.87. The zero-order valence-corrected chi connectivity index (χ0v) is 16.5. The van der Waals surface area contributed by atoms with E-state index in [1.807, 2.05) is 6.92 Å². The van der Waals surface area contributed by atoms with Gasteiger partial charge in [0.2, 0.25) is 12.3 Å². The molecule has 7 nitrogen and oxygen atoms in total. The molecule has 3 rings (SSSR count). The van der Waals surface area contributed by atoms with Crippen molar-refractivity contribution in [3.05, 3.63) is 28.8 Å². The number of hydroxylamine groups is 2. The minimum absolute atomic E-state index is 0.00133. The van der Waals surface area contributed by atoms with E-state index >= 15 is 0 Å². The third-order valence-electron chi connectivity index (χ3n) is 5.18. The fraction of sp³-hybridized carbons (Fsp3) is 0.526. The van der Waals surface area contributed by atoms with Gasteiger partial charge in [0.25, 0.3) is 0 Å². The number of carbonyl (C=O) groups is 2. The Bertz CT molecular complexity index is 820. The number of hydrogen-bond acceptors (Lipinski definition) is 4. The minimum Gasteiger partial charge on any atom is -0.340 e. The quantitative estimate of drug-likeness (QED) is 0.394. The van der Waals surface area contributed by atoms with Crippen LogP contribution in [-0.2, 0) is 9.59 Å². The summed E-state index contributed by atoms with van der Waals surface area (Å²) < 4.78 is 13.7. The molecule has 28 heavy (non-hydrogen) atoms. The van der Waals surface area contributed by atoms with Crippen molar-refractivity contribution in [1.29, 1.82) is 0 Å². The molecule has 2 atom stereocenters. The van der Waals surface area contributed by atoms with Crippen molar-refractivity contribution in [2.75, 3.05) is 13.1 Å². The number of nitrogens with one attached hydrogen (secondary N) is 1. The summed E-state index contributed by atoms with van der Waals surface area (Å²) in [7, 11) is 0. The van der Waals surface area contributed by atoms with Crippen LogP contribution in [0.1, 0.15) is 50.9 Å². The van der Waals surface area contributed by atoms with E-state index < -0.39 is 11.7 Å². The normalized spacial score (nSPS) is 17.9. The number of carbonyl (C=O) groups excluding carboxylic acids is 2. The Labute approximate surface area is 167 Å². The molecule has 0 bridgehead atoms. The molecule has 2 aromatic rings. The Morgan fingerprint density at radius 1 is 1.57 bits per heavy atom. The van der Waals surface area contributed by atoms with Crippen LogP contribution in [0.4, 0.5) is 4.39 Å². The first-order chi connectivity index (χ1) is 13.4. The van der Waals surface area contributed by atoms with E-state index in [2.05, 4.69) is 9.97 Å². The summed E-state index contributed by atoms with van der Waals surface area (Å²) in [6.45, 7) is 2.56. The van der Waals surface area contributed by atoms with Gasteiger partial charge in [0.05, 0.1) is 34.6 Å². The van der Waals surface area contributed by atoms with Crippen LogP contribution < -0.4 is 0 Å². The van der Waals surface area contributed by atoms with E-state index in [0.717, 1.165) is 25.7 Å². The first-order valence-electron chi connectivity index (χ1n) is 9.50. The predicted molar refractivity (Wildman–Crippen MR) is 102 cm³/mol. The lowest BCUT2D eigenvalue weighted by atomic mass is 9.99. The second-order valence-electron chi connectivity index (χ2n) is 7.16. The number of likely N-dealkylation sites (tertiary alicyclic amines) is 1. The van der Waals surface area contributed by atoms with Crippen LogP contribution in [0.15, 0.2) is 12.1 Å². The van der Waals surface area contributed by atoms with Gasteiger partial charge in [-0.3, -0.25) is 14.8 Å². The molecule has 2 N–H and O–H groups in total. The second-order valence-corrected chi connectivity index (χ2v) is 7.57. The van der Waals surface area contributed by atoms with Crippen LogP contribution in [0.2, 0.25) is 5.02 Å². The predicted octanol–water partition coefficient (Wildman–Crippen LogP) is 3.67. The molecule has 1 aliphatic heterocycles. The zero-order chi connectivity index (χ0) is 20.3. The van der Waals surface area contributed by atoms with Crippen molar-refractivity contribution in [3.8, 4) is 0 Å². The molecule has 0 saturated carbocycles. The first kappa shape index (κ1) is 20.5. The maximum atomic E-state index is 13.7. The average molecular weight is 411 g/mol. The highest BCUT2D eigenvalue weighted by Crippen LogP contribution is 2.34. The van der Waals surface area contributed by atoms with Gasteiger partial charge in [-0.2, -0.15) is 0 Å². The Morgan fingerprint density at radius 2 is 2.36 bits per heavy atom. The molecular weight excluding hydrogens is 387 g/mol. The topological polar surface area (TPSA) is 89.5 Å². The van der Waals surface area contributed by atoms with E-state index in [-0.39, 0.29) is 23.5 Å². The summed E-state index contributed by atoms with van der Waals surface area (Å²) in [6.07, 6.45) is 4.19. The van der Waals surface area contributed by atoms with Crippen molar-refractivity contribution >= 4 is 35.0 Å². The lowest BCUT2D eigenvalue weighted by Gasteiger charge is -2.29. The number of benzene rings is 1. The van der Waals surface area contributed by atoms with Crippen LogP contribution in [-0.4, -0.2) is 50.5 Å².